The van der Waals surface area contributed by atoms with E-state index in [-0.39, 0.29) is 11.8 Å². The van der Waals surface area contributed by atoms with Crippen LogP contribution in [0.2, 0.25) is 5.02 Å². The van der Waals surface area contributed by atoms with E-state index in [9.17, 15) is 9.59 Å². The minimum atomic E-state index is -0.245. The molecule has 2 aromatic carbocycles. The molecule has 0 saturated heterocycles. The zero-order chi connectivity index (χ0) is 20.1. The van der Waals surface area contributed by atoms with E-state index in [0.717, 1.165) is 22.5 Å². The fourth-order valence-corrected chi connectivity index (χ4v) is 3.63. The van der Waals surface area contributed by atoms with Crippen molar-refractivity contribution in [3.8, 4) is 0 Å². The molecule has 0 aliphatic carbocycles. The fourth-order valence-electron chi connectivity index (χ4n) is 2.76. The molecule has 5 nitrogen and oxygen atoms in total. The summed E-state index contributed by atoms with van der Waals surface area (Å²) in [6.45, 7) is 4.00. The third kappa shape index (κ3) is 5.65. The number of amides is 2. The first-order valence-corrected chi connectivity index (χ1v) is 10.0. The number of carbonyl (C=O) groups is 2. The summed E-state index contributed by atoms with van der Waals surface area (Å²) in [5.74, 6) is -0.310. The Morgan fingerprint density at radius 2 is 1.71 bits per heavy atom. The Morgan fingerprint density at radius 3 is 2.39 bits per heavy atom. The highest BCUT2D eigenvalue weighted by Crippen LogP contribution is 2.19. The van der Waals surface area contributed by atoms with Gasteiger partial charge in [-0.15, -0.1) is 11.3 Å². The van der Waals surface area contributed by atoms with Gasteiger partial charge in [0.1, 0.15) is 0 Å². The van der Waals surface area contributed by atoms with Gasteiger partial charge in [-0.25, -0.2) is 4.98 Å². The molecule has 3 rings (SSSR count). The van der Waals surface area contributed by atoms with Gasteiger partial charge in [0, 0.05) is 28.1 Å². The van der Waals surface area contributed by atoms with Crippen molar-refractivity contribution in [2.75, 3.05) is 10.6 Å². The quantitative estimate of drug-likeness (QED) is 0.580. The van der Waals surface area contributed by atoms with Crippen LogP contribution in [0.15, 0.2) is 47.8 Å². The number of anilines is 2. The van der Waals surface area contributed by atoms with Gasteiger partial charge in [0.05, 0.1) is 5.69 Å². The van der Waals surface area contributed by atoms with Crippen molar-refractivity contribution in [1.82, 2.24) is 4.98 Å². The lowest BCUT2D eigenvalue weighted by molar-refractivity contribution is -0.116. The van der Waals surface area contributed by atoms with E-state index < -0.39 is 0 Å². The lowest BCUT2D eigenvalue weighted by atomic mass is 10.1. The molecule has 0 aliphatic heterocycles. The Labute approximate surface area is 172 Å². The highest BCUT2D eigenvalue weighted by Gasteiger charge is 2.10. The Balaban J connectivity index is 1.52. The molecule has 3 aromatic rings. The summed E-state index contributed by atoms with van der Waals surface area (Å²) in [6.07, 6.45) is 0.825. The fraction of sp³-hybridized carbons (Fsp3) is 0.190. The summed E-state index contributed by atoms with van der Waals surface area (Å²) in [5, 5.41) is 8.61. The summed E-state index contributed by atoms with van der Waals surface area (Å²) in [5.41, 5.74) is 4.30. The maximum Gasteiger partial charge on any atom is 0.257 e. The molecule has 0 atom stereocenters. The molecule has 1 heterocycles. The minimum absolute atomic E-state index is 0.0650. The van der Waals surface area contributed by atoms with Crippen LogP contribution < -0.4 is 10.6 Å². The summed E-state index contributed by atoms with van der Waals surface area (Å²) in [7, 11) is 0. The molecule has 1 aromatic heterocycles. The second-order valence-electron chi connectivity index (χ2n) is 6.53. The monoisotopic (exact) mass is 413 g/mol. The van der Waals surface area contributed by atoms with Crippen molar-refractivity contribution in [2.45, 2.75) is 26.7 Å². The highest BCUT2D eigenvalue weighted by molar-refractivity contribution is 7.14. The molecule has 0 saturated carbocycles. The van der Waals surface area contributed by atoms with E-state index in [1.165, 1.54) is 11.3 Å². The number of thiazole rings is 1. The number of rotatable bonds is 6. The topological polar surface area (TPSA) is 71.1 Å². The number of aromatic nitrogens is 1. The van der Waals surface area contributed by atoms with Crippen LogP contribution in [0, 0.1) is 13.8 Å². The molecule has 0 unspecified atom stereocenters. The summed E-state index contributed by atoms with van der Waals surface area (Å²) in [4.78, 5) is 28.8. The first-order valence-electron chi connectivity index (χ1n) is 8.78. The third-order valence-electron chi connectivity index (χ3n) is 3.99. The van der Waals surface area contributed by atoms with Crippen molar-refractivity contribution < 1.29 is 9.59 Å². The van der Waals surface area contributed by atoms with Crippen LogP contribution in [0.1, 0.15) is 33.6 Å². The van der Waals surface area contributed by atoms with Crippen LogP contribution in [0.4, 0.5) is 10.8 Å². The van der Waals surface area contributed by atoms with Crippen LogP contribution in [0.25, 0.3) is 0 Å². The van der Waals surface area contributed by atoms with E-state index >= 15 is 0 Å². The first kappa shape index (κ1) is 20.0. The highest BCUT2D eigenvalue weighted by atomic mass is 35.5. The van der Waals surface area contributed by atoms with Crippen molar-refractivity contribution in [3.05, 3.63) is 75.3 Å². The van der Waals surface area contributed by atoms with Crippen LogP contribution in [-0.2, 0) is 11.2 Å². The number of benzene rings is 2. The molecule has 0 fully saturated rings. The molecule has 0 aliphatic rings. The van der Waals surface area contributed by atoms with Gasteiger partial charge in [0.15, 0.2) is 5.13 Å². The smallest absolute Gasteiger partial charge is 0.257 e. The molecule has 2 amide bonds. The number of nitrogens with one attached hydrogen (secondary N) is 2. The van der Waals surface area contributed by atoms with Crippen LogP contribution in [-0.4, -0.2) is 16.8 Å². The Hall–Kier alpha value is -2.70. The molecule has 2 N–H and O–H groups in total. The zero-order valence-corrected chi connectivity index (χ0v) is 17.2. The second-order valence-corrected chi connectivity index (χ2v) is 7.82. The van der Waals surface area contributed by atoms with Gasteiger partial charge in [-0.3, -0.25) is 14.9 Å². The number of aryl methyl sites for hydroxylation is 3. The predicted octanol–water partition coefficient (Wildman–Crippen LogP) is 5.24. The van der Waals surface area contributed by atoms with Gasteiger partial charge in [0.25, 0.3) is 5.91 Å². The minimum Gasteiger partial charge on any atom is -0.326 e. The molecular weight excluding hydrogens is 394 g/mol. The van der Waals surface area contributed by atoms with Gasteiger partial charge in [-0.2, -0.15) is 0 Å². The molecule has 7 heteroatoms. The Bertz CT molecular complexity index is 979. The van der Waals surface area contributed by atoms with Gasteiger partial charge in [-0.1, -0.05) is 17.7 Å². The van der Waals surface area contributed by atoms with Crippen LogP contribution in [0.3, 0.4) is 0 Å². The molecule has 28 heavy (non-hydrogen) atoms. The Morgan fingerprint density at radius 1 is 1.04 bits per heavy atom. The number of hydrogen-bond donors (Lipinski definition) is 2. The largest absolute Gasteiger partial charge is 0.326 e. The van der Waals surface area contributed by atoms with Gasteiger partial charge in [0.2, 0.25) is 5.91 Å². The molecular formula is C21H20ClN3O2S. The van der Waals surface area contributed by atoms with Gasteiger partial charge >= 0.3 is 0 Å². The first-order chi connectivity index (χ1) is 13.4. The summed E-state index contributed by atoms with van der Waals surface area (Å²) >= 11 is 7.17. The van der Waals surface area contributed by atoms with E-state index in [2.05, 4.69) is 21.7 Å². The summed E-state index contributed by atoms with van der Waals surface area (Å²) in [6, 6.07) is 12.6. The maximum absolute atomic E-state index is 12.2. The second kappa shape index (κ2) is 8.99. The third-order valence-corrected chi connectivity index (χ3v) is 5.05. The van der Waals surface area contributed by atoms with E-state index in [0.29, 0.717) is 28.6 Å². The van der Waals surface area contributed by atoms with Gasteiger partial charge in [-0.05, 0) is 67.8 Å². The average molecular weight is 414 g/mol. The molecule has 0 radical (unpaired) electrons. The van der Waals surface area contributed by atoms with Gasteiger partial charge < -0.3 is 5.32 Å². The zero-order valence-electron chi connectivity index (χ0n) is 15.6. The Kier molecular flexibility index (Phi) is 6.44. The van der Waals surface area contributed by atoms with Crippen molar-refractivity contribution in [3.63, 3.8) is 0 Å². The molecule has 0 spiro atoms. The number of nitrogens with zero attached hydrogens (tertiary/aromatic N) is 1. The van der Waals surface area contributed by atoms with Crippen molar-refractivity contribution >= 4 is 45.6 Å². The standard InChI is InChI=1S/C21H20ClN3O2S/c1-13-9-14(2)11-18(10-13)23-19(26)8-7-17-12-28-21(24-17)25-20(27)15-3-5-16(22)6-4-15/h3-6,9-12H,7-8H2,1-2H3,(H,23,26)(H,24,25,27). The normalized spacial score (nSPS) is 10.5. The summed E-state index contributed by atoms with van der Waals surface area (Å²) < 4.78 is 0. The SMILES string of the molecule is Cc1cc(C)cc(NC(=O)CCc2csc(NC(=O)c3ccc(Cl)cc3)n2)c1. The van der Waals surface area contributed by atoms with E-state index in [1.54, 1.807) is 24.3 Å². The van der Waals surface area contributed by atoms with Crippen LogP contribution in [0.5, 0.6) is 0 Å². The average Bonchev–Trinajstić information content (AvgIpc) is 3.07. The van der Waals surface area contributed by atoms with Crippen molar-refractivity contribution in [1.29, 1.82) is 0 Å². The van der Waals surface area contributed by atoms with E-state index in [4.69, 9.17) is 11.6 Å². The number of hydrogen-bond acceptors (Lipinski definition) is 4. The molecule has 144 valence electrons. The lowest BCUT2D eigenvalue weighted by Crippen LogP contribution is -2.13. The van der Waals surface area contributed by atoms with E-state index in [1.807, 2.05) is 31.4 Å². The molecule has 0 bridgehead atoms. The lowest BCUT2D eigenvalue weighted by Gasteiger charge is -2.07. The predicted molar refractivity (Wildman–Crippen MR) is 114 cm³/mol. The number of carbonyl (C=O) groups excluding carboxylic acids is 2. The number of halogens is 1. The van der Waals surface area contributed by atoms with Crippen molar-refractivity contribution in [2.24, 2.45) is 0 Å². The maximum atomic E-state index is 12.2. The van der Waals surface area contributed by atoms with Crippen LogP contribution >= 0.6 is 22.9 Å².